The van der Waals surface area contributed by atoms with Gasteiger partial charge in [0.25, 0.3) is 0 Å². The second kappa shape index (κ2) is 42.1. The number of hydrogen-bond donors (Lipinski definition) is 5. The van der Waals surface area contributed by atoms with Crippen LogP contribution in [0.5, 0.6) is 0 Å². The summed E-state index contributed by atoms with van der Waals surface area (Å²) in [6.45, 7) is 3.97. The molecule has 332 valence electrons. The normalized spacial score (nSPS) is 14.8. The van der Waals surface area contributed by atoms with Crippen LogP contribution in [0.4, 0.5) is 0 Å². The van der Waals surface area contributed by atoms with Crippen LogP contribution in [0.25, 0.3) is 0 Å². The molecule has 0 aromatic heterocycles. The summed E-state index contributed by atoms with van der Waals surface area (Å²) in [5, 5.41) is 24.1. The standard InChI is InChI=1S/C46H91N2O7P/c1-3-5-7-9-11-13-15-17-19-21-22-23-25-27-29-31-33-35-37-43(49)41-46(51)48-44(42-55-56(52,53)54-40-39-47)45(50)38-36-34-32-30-28-26-24-20-18-16-14-12-10-8-6-4-2/h28,30,36,38,43-45,49-50H,3-27,29,31-35,37,39-42,47H2,1-2H3,(H,48,51)(H,52,53)/b30-28+,38-36+. The van der Waals surface area contributed by atoms with Gasteiger partial charge in [-0.2, -0.15) is 0 Å². The van der Waals surface area contributed by atoms with E-state index < -0.39 is 38.6 Å². The SMILES string of the molecule is CCCCCCCCCCCC/C=C/CC/C=C/C(O)C(COP(=O)(O)OCCN)NC(=O)CC(O)CCCCCCCCCCCCCCCCCCCC. The van der Waals surface area contributed by atoms with Gasteiger partial charge in [0.15, 0.2) is 0 Å². The first-order valence-corrected chi connectivity index (χ1v) is 25.0. The molecule has 0 radical (unpaired) electrons. The van der Waals surface area contributed by atoms with Gasteiger partial charge in [-0.15, -0.1) is 0 Å². The fourth-order valence-electron chi connectivity index (χ4n) is 7.02. The first-order valence-electron chi connectivity index (χ1n) is 23.5. The van der Waals surface area contributed by atoms with Gasteiger partial charge in [0.05, 0.1) is 37.9 Å². The zero-order valence-electron chi connectivity index (χ0n) is 36.5. The number of rotatable bonds is 44. The van der Waals surface area contributed by atoms with E-state index in [1.807, 2.05) is 6.08 Å². The van der Waals surface area contributed by atoms with Crippen molar-refractivity contribution in [2.45, 2.75) is 244 Å². The molecular weight excluding hydrogens is 723 g/mol. The molecule has 0 aliphatic rings. The van der Waals surface area contributed by atoms with Crippen LogP contribution in [0.15, 0.2) is 24.3 Å². The largest absolute Gasteiger partial charge is 0.472 e. The number of carbonyl (C=O) groups is 1. The van der Waals surface area contributed by atoms with Gasteiger partial charge in [0, 0.05) is 6.54 Å². The molecule has 6 N–H and O–H groups in total. The van der Waals surface area contributed by atoms with Crippen molar-refractivity contribution in [3.63, 3.8) is 0 Å². The molecular formula is C46H91N2O7P. The van der Waals surface area contributed by atoms with Gasteiger partial charge < -0.3 is 26.2 Å². The minimum Gasteiger partial charge on any atom is -0.393 e. The van der Waals surface area contributed by atoms with Crippen LogP contribution in [0.3, 0.4) is 0 Å². The van der Waals surface area contributed by atoms with E-state index in [4.69, 9.17) is 14.8 Å². The van der Waals surface area contributed by atoms with Crippen molar-refractivity contribution in [3.8, 4) is 0 Å². The number of nitrogens with two attached hydrogens (primary N) is 1. The Labute approximate surface area is 345 Å². The predicted octanol–water partition coefficient (Wildman–Crippen LogP) is 12.3. The highest BCUT2D eigenvalue weighted by atomic mass is 31.2. The smallest absolute Gasteiger partial charge is 0.393 e. The lowest BCUT2D eigenvalue weighted by atomic mass is 10.0. The molecule has 0 fully saturated rings. The summed E-state index contributed by atoms with van der Waals surface area (Å²) in [5.41, 5.74) is 5.37. The Kier molecular flexibility index (Phi) is 41.3. The molecule has 4 unspecified atom stereocenters. The van der Waals surface area contributed by atoms with Gasteiger partial charge in [-0.1, -0.05) is 212 Å². The summed E-state index contributed by atoms with van der Waals surface area (Å²) < 4.78 is 22.1. The van der Waals surface area contributed by atoms with Crippen LogP contribution in [-0.4, -0.2) is 59.0 Å². The molecule has 1 amide bonds. The molecule has 9 nitrogen and oxygen atoms in total. The maximum Gasteiger partial charge on any atom is 0.472 e. The fourth-order valence-corrected chi connectivity index (χ4v) is 7.78. The van der Waals surface area contributed by atoms with Crippen molar-refractivity contribution in [3.05, 3.63) is 24.3 Å². The van der Waals surface area contributed by atoms with E-state index >= 15 is 0 Å². The van der Waals surface area contributed by atoms with Crippen molar-refractivity contribution in [2.24, 2.45) is 5.73 Å². The Bertz CT molecular complexity index is 950. The Morgan fingerprint density at radius 2 is 1.02 bits per heavy atom. The van der Waals surface area contributed by atoms with Gasteiger partial charge in [0.1, 0.15) is 0 Å². The van der Waals surface area contributed by atoms with Gasteiger partial charge in [-0.3, -0.25) is 13.8 Å². The molecule has 10 heteroatoms. The first kappa shape index (κ1) is 54.9. The summed E-state index contributed by atoms with van der Waals surface area (Å²) in [6.07, 6.45) is 45.5. The monoisotopic (exact) mass is 815 g/mol. The average molecular weight is 815 g/mol. The minimum atomic E-state index is -4.41. The molecule has 4 atom stereocenters. The summed E-state index contributed by atoms with van der Waals surface area (Å²) in [7, 11) is -4.41. The third-order valence-corrected chi connectivity index (χ3v) is 11.6. The molecule has 0 aromatic rings. The molecule has 0 aliphatic heterocycles. The Balaban J connectivity index is 4.28. The maximum atomic E-state index is 12.8. The average Bonchev–Trinajstić information content (AvgIpc) is 3.17. The molecule has 0 aromatic carbocycles. The number of amides is 1. The van der Waals surface area contributed by atoms with E-state index in [-0.39, 0.29) is 19.6 Å². The van der Waals surface area contributed by atoms with E-state index in [1.165, 1.54) is 161 Å². The Morgan fingerprint density at radius 3 is 1.48 bits per heavy atom. The lowest BCUT2D eigenvalue weighted by Gasteiger charge is -2.24. The topological polar surface area (TPSA) is 151 Å². The zero-order chi connectivity index (χ0) is 41.2. The summed E-state index contributed by atoms with van der Waals surface area (Å²) >= 11 is 0. The third-order valence-electron chi connectivity index (χ3n) is 10.6. The van der Waals surface area contributed by atoms with Crippen LogP contribution in [-0.2, 0) is 18.4 Å². The molecule has 0 bridgehead atoms. The van der Waals surface area contributed by atoms with Crippen molar-refractivity contribution in [1.29, 1.82) is 0 Å². The number of carbonyl (C=O) groups excluding carboxylic acids is 1. The number of phosphoric acid groups is 1. The van der Waals surface area contributed by atoms with Crippen LogP contribution >= 0.6 is 7.82 Å². The summed E-state index contributed by atoms with van der Waals surface area (Å²) in [6, 6.07) is -0.995. The number of aliphatic hydroxyl groups excluding tert-OH is 2. The van der Waals surface area contributed by atoms with Crippen LogP contribution in [0.1, 0.15) is 226 Å². The van der Waals surface area contributed by atoms with Crippen molar-refractivity contribution in [1.82, 2.24) is 5.32 Å². The van der Waals surface area contributed by atoms with E-state index in [2.05, 4.69) is 31.3 Å². The van der Waals surface area contributed by atoms with Gasteiger partial charge >= 0.3 is 7.82 Å². The summed E-state index contributed by atoms with van der Waals surface area (Å²) in [5.74, 6) is -0.452. The minimum absolute atomic E-state index is 0.0461. The van der Waals surface area contributed by atoms with Crippen LogP contribution in [0.2, 0.25) is 0 Å². The lowest BCUT2D eigenvalue weighted by Crippen LogP contribution is -2.46. The molecule has 56 heavy (non-hydrogen) atoms. The predicted molar refractivity (Wildman–Crippen MR) is 237 cm³/mol. The number of aliphatic hydroxyl groups is 2. The Hall–Kier alpha value is -1.06. The number of nitrogens with one attached hydrogen (secondary N) is 1. The fraction of sp³-hybridized carbons (Fsp3) is 0.891. The van der Waals surface area contributed by atoms with E-state index in [1.54, 1.807) is 6.08 Å². The van der Waals surface area contributed by atoms with Crippen molar-refractivity contribution >= 4 is 13.7 Å². The molecule has 0 saturated heterocycles. The lowest BCUT2D eigenvalue weighted by molar-refractivity contribution is -0.124. The van der Waals surface area contributed by atoms with Crippen LogP contribution in [0, 0.1) is 0 Å². The third kappa shape index (κ3) is 39.8. The first-order chi connectivity index (χ1) is 27.3. The van der Waals surface area contributed by atoms with Gasteiger partial charge in [0.2, 0.25) is 5.91 Å². The van der Waals surface area contributed by atoms with Gasteiger partial charge in [-0.25, -0.2) is 4.57 Å². The molecule has 0 rings (SSSR count). The van der Waals surface area contributed by atoms with E-state index in [0.717, 1.165) is 32.1 Å². The number of phosphoric ester groups is 1. The number of allylic oxidation sites excluding steroid dienone is 3. The zero-order valence-corrected chi connectivity index (χ0v) is 37.4. The van der Waals surface area contributed by atoms with Gasteiger partial charge in [-0.05, 0) is 32.1 Å². The van der Waals surface area contributed by atoms with E-state index in [9.17, 15) is 24.5 Å². The quantitative estimate of drug-likeness (QED) is 0.0232. The van der Waals surface area contributed by atoms with Crippen LogP contribution < -0.4 is 11.1 Å². The summed E-state index contributed by atoms with van der Waals surface area (Å²) in [4.78, 5) is 22.8. The molecule has 0 saturated carbocycles. The molecule has 0 spiro atoms. The highest BCUT2D eigenvalue weighted by Gasteiger charge is 2.27. The van der Waals surface area contributed by atoms with E-state index in [0.29, 0.717) is 12.8 Å². The highest BCUT2D eigenvalue weighted by molar-refractivity contribution is 7.47. The van der Waals surface area contributed by atoms with Crippen molar-refractivity contribution in [2.75, 3.05) is 19.8 Å². The molecule has 0 heterocycles. The molecule has 0 aliphatic carbocycles. The number of unbranched alkanes of at least 4 members (excludes halogenated alkanes) is 28. The second-order valence-electron chi connectivity index (χ2n) is 16.2. The second-order valence-corrected chi connectivity index (χ2v) is 17.6. The maximum absolute atomic E-state index is 12.8. The van der Waals surface area contributed by atoms with Crippen molar-refractivity contribution < 1.29 is 33.5 Å². The number of hydrogen-bond acceptors (Lipinski definition) is 7. The highest BCUT2D eigenvalue weighted by Crippen LogP contribution is 2.43. The Morgan fingerprint density at radius 1 is 0.607 bits per heavy atom.